The van der Waals surface area contributed by atoms with Crippen LogP contribution in [-0.4, -0.2) is 10.8 Å². The van der Waals surface area contributed by atoms with Crippen molar-refractivity contribution in [3.8, 4) is 0 Å². The summed E-state index contributed by atoms with van der Waals surface area (Å²) in [6.45, 7) is 0. The quantitative estimate of drug-likeness (QED) is 0.640. The van der Waals surface area contributed by atoms with Crippen molar-refractivity contribution < 1.29 is 14.1 Å². The molecule has 1 N–H and O–H groups in total. The number of nitro benzene ring substituents is 1. The summed E-state index contributed by atoms with van der Waals surface area (Å²) >= 11 is 8.57. The molecule has 0 saturated heterocycles. The lowest BCUT2D eigenvalue weighted by Crippen LogP contribution is -2.12. The zero-order chi connectivity index (χ0) is 15.6. The second-order valence-corrected chi connectivity index (χ2v) is 5.27. The van der Waals surface area contributed by atoms with Gasteiger partial charge >= 0.3 is 0 Å². The SMILES string of the molecule is O=C(Nc1ccc(Cl)c(F)c1)c1ccc(Br)c([N+](=O)[O-])c1. The predicted molar refractivity (Wildman–Crippen MR) is 80.2 cm³/mol. The molecule has 0 saturated carbocycles. The van der Waals surface area contributed by atoms with E-state index in [1.165, 1.54) is 24.3 Å². The van der Waals surface area contributed by atoms with Crippen LogP contribution < -0.4 is 5.32 Å². The zero-order valence-corrected chi connectivity index (χ0v) is 12.6. The van der Waals surface area contributed by atoms with Crippen molar-refractivity contribution in [1.82, 2.24) is 0 Å². The molecular weight excluding hydrogens is 367 g/mol. The second kappa shape index (κ2) is 6.19. The standard InChI is InChI=1S/C13H7BrClFN2O3/c14-9-3-1-7(5-12(9)18(20)21)13(19)17-8-2-4-10(15)11(16)6-8/h1-6H,(H,17,19). The zero-order valence-electron chi connectivity index (χ0n) is 10.3. The minimum Gasteiger partial charge on any atom is -0.322 e. The van der Waals surface area contributed by atoms with Crippen molar-refractivity contribution in [2.24, 2.45) is 0 Å². The molecule has 21 heavy (non-hydrogen) atoms. The Morgan fingerprint density at radius 3 is 2.62 bits per heavy atom. The second-order valence-electron chi connectivity index (χ2n) is 4.01. The Bertz CT molecular complexity index is 739. The molecule has 0 aliphatic heterocycles. The van der Waals surface area contributed by atoms with Gasteiger partial charge in [-0.25, -0.2) is 4.39 Å². The number of nitrogens with zero attached hydrogens (tertiary/aromatic N) is 1. The van der Waals surface area contributed by atoms with Gasteiger partial charge in [0.1, 0.15) is 5.82 Å². The fourth-order valence-corrected chi connectivity index (χ4v) is 2.08. The van der Waals surface area contributed by atoms with Gasteiger partial charge in [0, 0.05) is 17.3 Å². The lowest BCUT2D eigenvalue weighted by Gasteiger charge is -2.06. The molecule has 1 amide bonds. The van der Waals surface area contributed by atoms with Gasteiger partial charge in [-0.3, -0.25) is 14.9 Å². The summed E-state index contributed by atoms with van der Waals surface area (Å²) in [7, 11) is 0. The Kier molecular flexibility index (Phi) is 4.54. The topological polar surface area (TPSA) is 72.2 Å². The molecule has 108 valence electrons. The number of carbonyl (C=O) groups excluding carboxylic acids is 1. The third kappa shape index (κ3) is 3.56. The highest BCUT2D eigenvalue weighted by molar-refractivity contribution is 9.10. The van der Waals surface area contributed by atoms with Gasteiger partial charge in [0.25, 0.3) is 11.6 Å². The molecule has 0 spiro atoms. The van der Waals surface area contributed by atoms with Gasteiger partial charge in [0.2, 0.25) is 0 Å². The largest absolute Gasteiger partial charge is 0.322 e. The Morgan fingerprint density at radius 1 is 1.29 bits per heavy atom. The van der Waals surface area contributed by atoms with Crippen LogP contribution >= 0.6 is 27.5 Å². The maximum Gasteiger partial charge on any atom is 0.284 e. The van der Waals surface area contributed by atoms with Crippen LogP contribution in [-0.2, 0) is 0 Å². The van der Waals surface area contributed by atoms with Gasteiger partial charge in [0.15, 0.2) is 0 Å². The van der Waals surface area contributed by atoms with E-state index < -0.39 is 16.6 Å². The van der Waals surface area contributed by atoms with Gasteiger partial charge < -0.3 is 5.32 Å². The Hall–Kier alpha value is -1.99. The van der Waals surface area contributed by atoms with Crippen molar-refractivity contribution in [3.05, 3.63) is 67.4 Å². The number of nitrogens with one attached hydrogen (secondary N) is 1. The molecule has 8 heteroatoms. The van der Waals surface area contributed by atoms with E-state index in [0.717, 1.165) is 12.1 Å². The van der Waals surface area contributed by atoms with Crippen LogP contribution in [0.3, 0.4) is 0 Å². The monoisotopic (exact) mass is 372 g/mol. The summed E-state index contributed by atoms with van der Waals surface area (Å²) in [5.74, 6) is -1.26. The molecule has 0 aliphatic rings. The smallest absolute Gasteiger partial charge is 0.284 e. The molecule has 2 rings (SSSR count). The number of hydrogen-bond donors (Lipinski definition) is 1. The first kappa shape index (κ1) is 15.4. The van der Waals surface area contributed by atoms with Crippen LogP contribution in [0, 0.1) is 15.9 Å². The number of benzene rings is 2. The first-order chi connectivity index (χ1) is 9.88. The molecule has 5 nitrogen and oxygen atoms in total. The molecule has 2 aromatic rings. The molecule has 0 aromatic heterocycles. The first-order valence-electron chi connectivity index (χ1n) is 5.59. The highest BCUT2D eigenvalue weighted by Crippen LogP contribution is 2.26. The number of anilines is 1. The first-order valence-corrected chi connectivity index (χ1v) is 6.76. The molecule has 2 aromatic carbocycles. The number of amides is 1. The number of halogens is 3. The number of nitro groups is 1. The number of hydrogen-bond acceptors (Lipinski definition) is 3. The molecule has 0 heterocycles. The van der Waals surface area contributed by atoms with E-state index in [0.29, 0.717) is 0 Å². The van der Waals surface area contributed by atoms with Crippen LogP contribution in [0.4, 0.5) is 15.8 Å². The Balaban J connectivity index is 2.26. The normalized spacial score (nSPS) is 10.2. The van der Waals surface area contributed by atoms with Crippen LogP contribution in [0.1, 0.15) is 10.4 Å². The van der Waals surface area contributed by atoms with Crippen molar-refractivity contribution >= 4 is 44.8 Å². The lowest BCUT2D eigenvalue weighted by atomic mass is 10.2. The average molecular weight is 374 g/mol. The number of rotatable bonds is 3. The van der Waals surface area contributed by atoms with Crippen molar-refractivity contribution in [2.45, 2.75) is 0 Å². The molecule has 0 fully saturated rings. The minimum atomic E-state index is -0.670. The van der Waals surface area contributed by atoms with E-state index >= 15 is 0 Å². The summed E-state index contributed by atoms with van der Waals surface area (Å²) in [5.41, 5.74) is 0.0534. The summed E-state index contributed by atoms with van der Waals surface area (Å²) in [6, 6.07) is 7.74. The van der Waals surface area contributed by atoms with Crippen molar-refractivity contribution in [2.75, 3.05) is 5.32 Å². The third-order valence-corrected chi connectivity index (χ3v) is 3.56. The fourth-order valence-electron chi connectivity index (χ4n) is 1.57. The maximum atomic E-state index is 13.3. The highest BCUT2D eigenvalue weighted by atomic mass is 79.9. The summed E-state index contributed by atoms with van der Waals surface area (Å²) in [6.07, 6.45) is 0. The van der Waals surface area contributed by atoms with Crippen molar-refractivity contribution in [3.63, 3.8) is 0 Å². The van der Waals surface area contributed by atoms with Gasteiger partial charge in [-0.15, -0.1) is 0 Å². The van der Waals surface area contributed by atoms with E-state index in [1.54, 1.807) is 0 Å². The predicted octanol–water partition coefficient (Wildman–Crippen LogP) is 4.40. The van der Waals surface area contributed by atoms with E-state index in [4.69, 9.17) is 11.6 Å². The van der Waals surface area contributed by atoms with Crippen molar-refractivity contribution in [1.29, 1.82) is 0 Å². The average Bonchev–Trinajstić information content (AvgIpc) is 2.43. The summed E-state index contributed by atoms with van der Waals surface area (Å²) in [4.78, 5) is 22.2. The molecule has 0 radical (unpaired) electrons. The van der Waals surface area contributed by atoms with Gasteiger partial charge in [-0.05, 0) is 46.3 Å². The van der Waals surface area contributed by atoms with E-state index in [1.807, 2.05) is 0 Å². The Morgan fingerprint density at radius 2 is 2.00 bits per heavy atom. The van der Waals surface area contributed by atoms with E-state index in [-0.39, 0.29) is 26.4 Å². The Labute approximate surface area is 132 Å². The van der Waals surface area contributed by atoms with Crippen LogP contribution in [0.25, 0.3) is 0 Å². The van der Waals surface area contributed by atoms with E-state index in [9.17, 15) is 19.3 Å². The lowest BCUT2D eigenvalue weighted by molar-refractivity contribution is -0.385. The molecule has 0 atom stereocenters. The van der Waals surface area contributed by atoms with Crippen LogP contribution in [0.15, 0.2) is 40.9 Å². The molecular formula is C13H7BrClFN2O3. The fraction of sp³-hybridized carbons (Fsp3) is 0. The third-order valence-electron chi connectivity index (χ3n) is 2.58. The molecule has 0 unspecified atom stereocenters. The maximum absolute atomic E-state index is 13.3. The summed E-state index contributed by atoms with van der Waals surface area (Å²) in [5, 5.41) is 13.2. The van der Waals surface area contributed by atoms with Gasteiger partial charge in [-0.2, -0.15) is 0 Å². The number of carbonyl (C=O) groups is 1. The minimum absolute atomic E-state index is 0.0627. The van der Waals surface area contributed by atoms with Crippen LogP contribution in [0.5, 0.6) is 0 Å². The van der Waals surface area contributed by atoms with Gasteiger partial charge in [-0.1, -0.05) is 11.6 Å². The van der Waals surface area contributed by atoms with Crippen LogP contribution in [0.2, 0.25) is 5.02 Å². The highest BCUT2D eigenvalue weighted by Gasteiger charge is 2.16. The van der Waals surface area contributed by atoms with E-state index in [2.05, 4.69) is 21.2 Å². The molecule has 0 bridgehead atoms. The summed E-state index contributed by atoms with van der Waals surface area (Å²) < 4.78 is 13.5. The van der Waals surface area contributed by atoms with Gasteiger partial charge in [0.05, 0.1) is 14.4 Å². The molecule has 0 aliphatic carbocycles.